The van der Waals surface area contributed by atoms with Crippen LogP contribution in [0.4, 0.5) is 0 Å². The van der Waals surface area contributed by atoms with Crippen molar-refractivity contribution in [2.75, 3.05) is 27.4 Å². The van der Waals surface area contributed by atoms with Crippen LogP contribution >= 0.6 is 0 Å². The van der Waals surface area contributed by atoms with Crippen LogP contribution in [-0.2, 0) is 15.9 Å². The van der Waals surface area contributed by atoms with Crippen LogP contribution in [0, 0.1) is 18.8 Å². The Morgan fingerprint density at radius 2 is 0.584 bits per heavy atom. The first-order valence-electron chi connectivity index (χ1n) is 29.9. The van der Waals surface area contributed by atoms with Crippen LogP contribution in [0.2, 0.25) is 0 Å². The third-order valence-corrected chi connectivity index (χ3v) is 14.0. The minimum atomic E-state index is -0.481. The van der Waals surface area contributed by atoms with Crippen molar-refractivity contribution >= 4 is 0 Å². The standard InChI is InChI=1S/C71H116O6/c1-52(2)30-21-31-55(7)32-22-33-56(8)34-23-35-57(9)36-24-37-58(10)38-25-39-59(11)40-26-41-60(12)42-27-43-61(13)44-28-45-62(14)46-29-47-63(15)48-49-67-64(16)68(76-65(17)74-50-53(3)4)70(72-19)71(73-20)69(67)77-66(18)75-51-54(5)6/h30,32,34,36,38,40,42,44,46,48,53-54,65-66H,21-29,31,33,35,37,39,41,43,45,47,49-51H2,1-20H3/b55-32+,56-34+,57-36+,58-38+,59-40+,60-42+,61-44+,62-46+,63-48+. The first-order chi connectivity index (χ1) is 36.6. The topological polar surface area (TPSA) is 55.4 Å². The highest BCUT2D eigenvalue weighted by atomic mass is 16.7. The van der Waals surface area contributed by atoms with Gasteiger partial charge in [0.2, 0.25) is 11.5 Å². The van der Waals surface area contributed by atoms with Gasteiger partial charge in [-0.05, 0) is 231 Å². The maximum atomic E-state index is 6.51. The van der Waals surface area contributed by atoms with Gasteiger partial charge in [-0.25, -0.2) is 0 Å². The van der Waals surface area contributed by atoms with E-state index in [1.165, 1.54) is 75.0 Å². The van der Waals surface area contributed by atoms with Gasteiger partial charge in [-0.2, -0.15) is 0 Å². The van der Waals surface area contributed by atoms with Gasteiger partial charge in [-0.3, -0.25) is 0 Å². The Labute approximate surface area is 475 Å². The molecule has 77 heavy (non-hydrogen) atoms. The highest BCUT2D eigenvalue weighted by Gasteiger charge is 2.28. The monoisotopic (exact) mass is 1060 g/mol. The van der Waals surface area contributed by atoms with Gasteiger partial charge in [0, 0.05) is 11.1 Å². The SMILES string of the molecule is COc1c(OC(C)OCC(C)C)c(C)c(C/C=C(\C)CC/C=C(\C)CC/C=C(\C)CC/C=C(\C)CC/C=C(\C)CC/C=C(\C)CC/C=C(\C)CC/C=C(\C)CC/C=C(\C)CCC=C(C)C)c(OC(C)OCC(C)C)c1OC. The molecule has 0 amide bonds. The van der Waals surface area contributed by atoms with E-state index >= 15 is 0 Å². The van der Waals surface area contributed by atoms with Gasteiger partial charge >= 0.3 is 0 Å². The zero-order chi connectivity index (χ0) is 57.7. The van der Waals surface area contributed by atoms with E-state index in [0.717, 1.165) is 107 Å². The molecule has 0 fully saturated rings. The molecule has 2 unspecified atom stereocenters. The highest BCUT2D eigenvalue weighted by molar-refractivity contribution is 5.67. The summed E-state index contributed by atoms with van der Waals surface area (Å²) in [7, 11) is 3.27. The molecule has 0 aromatic heterocycles. The molecule has 0 N–H and O–H groups in total. The van der Waals surface area contributed by atoms with Crippen molar-refractivity contribution in [2.24, 2.45) is 11.8 Å². The smallest absolute Gasteiger partial charge is 0.207 e. The molecule has 1 aromatic carbocycles. The van der Waals surface area contributed by atoms with E-state index in [2.05, 4.69) is 172 Å². The van der Waals surface area contributed by atoms with Crippen molar-refractivity contribution < 1.29 is 28.4 Å². The molecule has 1 rings (SSSR count). The summed E-state index contributed by atoms with van der Waals surface area (Å²) in [5.41, 5.74) is 16.7. The molecule has 0 heterocycles. The normalized spacial score (nSPS) is 14.7. The lowest BCUT2D eigenvalue weighted by Crippen LogP contribution is -2.22. The summed E-state index contributed by atoms with van der Waals surface area (Å²) in [6.07, 6.45) is 44.2. The summed E-state index contributed by atoms with van der Waals surface area (Å²) in [5.74, 6) is 2.96. The lowest BCUT2D eigenvalue weighted by atomic mass is 9.99. The zero-order valence-electron chi connectivity index (χ0n) is 53.4. The summed E-state index contributed by atoms with van der Waals surface area (Å²) >= 11 is 0. The van der Waals surface area contributed by atoms with Crippen LogP contribution in [0.3, 0.4) is 0 Å². The minimum absolute atomic E-state index is 0.382. The second kappa shape index (κ2) is 41.7. The molecular weight excluding hydrogens is 949 g/mol. The van der Waals surface area contributed by atoms with Crippen LogP contribution in [0.25, 0.3) is 0 Å². The van der Waals surface area contributed by atoms with Crippen molar-refractivity contribution in [1.82, 2.24) is 0 Å². The fourth-order valence-corrected chi connectivity index (χ4v) is 8.91. The van der Waals surface area contributed by atoms with Crippen LogP contribution in [-0.4, -0.2) is 40.0 Å². The number of hydrogen-bond donors (Lipinski definition) is 0. The first-order valence-corrected chi connectivity index (χ1v) is 29.9. The molecule has 0 radical (unpaired) electrons. The molecule has 0 saturated heterocycles. The molecule has 6 nitrogen and oxygen atoms in total. The Kier molecular flexibility index (Phi) is 38.4. The van der Waals surface area contributed by atoms with E-state index in [9.17, 15) is 0 Å². The molecule has 2 atom stereocenters. The Balaban J connectivity index is 2.61. The van der Waals surface area contributed by atoms with Gasteiger partial charge in [0.15, 0.2) is 24.1 Å². The number of allylic oxidation sites excluding steroid dienone is 20. The molecule has 1 aromatic rings. The Morgan fingerprint density at radius 1 is 0.338 bits per heavy atom. The van der Waals surface area contributed by atoms with Crippen LogP contribution < -0.4 is 18.9 Å². The third kappa shape index (κ3) is 34.4. The quantitative estimate of drug-likeness (QED) is 0.0481. The number of ether oxygens (including phenoxy) is 6. The Hall–Kier alpha value is -4.26. The van der Waals surface area contributed by atoms with Crippen molar-refractivity contribution in [2.45, 2.75) is 259 Å². The van der Waals surface area contributed by atoms with Gasteiger partial charge in [0.1, 0.15) is 0 Å². The fourth-order valence-electron chi connectivity index (χ4n) is 8.91. The van der Waals surface area contributed by atoms with Gasteiger partial charge in [0.05, 0.1) is 27.4 Å². The maximum absolute atomic E-state index is 6.51. The Morgan fingerprint density at radius 3 is 0.844 bits per heavy atom. The lowest BCUT2D eigenvalue weighted by Gasteiger charge is -2.27. The molecule has 0 aliphatic carbocycles. The summed E-state index contributed by atoms with van der Waals surface area (Å²) in [4.78, 5) is 0. The maximum Gasteiger partial charge on any atom is 0.207 e. The number of rotatable bonds is 41. The van der Waals surface area contributed by atoms with E-state index in [1.54, 1.807) is 14.2 Å². The summed E-state index contributed by atoms with van der Waals surface area (Å²) in [6, 6.07) is 0. The summed E-state index contributed by atoms with van der Waals surface area (Å²) in [5, 5.41) is 0. The predicted molar refractivity (Wildman–Crippen MR) is 336 cm³/mol. The average molecular weight is 1070 g/mol. The predicted octanol–water partition coefficient (Wildman–Crippen LogP) is 21.9. The summed E-state index contributed by atoms with van der Waals surface area (Å²) < 4.78 is 36.9. The first kappa shape index (κ1) is 70.8. The molecule has 6 heteroatoms. The van der Waals surface area contributed by atoms with Crippen LogP contribution in [0.15, 0.2) is 116 Å². The fraction of sp³-hybridized carbons (Fsp3) is 0.634. The van der Waals surface area contributed by atoms with E-state index in [0.29, 0.717) is 54.5 Å². The van der Waals surface area contributed by atoms with Crippen molar-refractivity contribution in [3.63, 3.8) is 0 Å². The lowest BCUT2D eigenvalue weighted by molar-refractivity contribution is -0.0796. The average Bonchev–Trinajstić information content (AvgIpc) is 3.35. The van der Waals surface area contributed by atoms with Gasteiger partial charge in [-0.1, -0.05) is 144 Å². The zero-order valence-corrected chi connectivity index (χ0v) is 53.4. The largest absolute Gasteiger partial charge is 0.490 e. The molecule has 0 saturated carbocycles. The minimum Gasteiger partial charge on any atom is -0.490 e. The van der Waals surface area contributed by atoms with Gasteiger partial charge in [0.25, 0.3) is 0 Å². The molecule has 0 aliphatic rings. The molecule has 0 spiro atoms. The van der Waals surface area contributed by atoms with Crippen LogP contribution in [0.1, 0.15) is 244 Å². The van der Waals surface area contributed by atoms with E-state index in [4.69, 9.17) is 28.4 Å². The second-order valence-corrected chi connectivity index (χ2v) is 23.4. The molecule has 436 valence electrons. The number of hydrogen-bond acceptors (Lipinski definition) is 6. The van der Waals surface area contributed by atoms with E-state index in [1.807, 2.05) is 13.8 Å². The third-order valence-electron chi connectivity index (χ3n) is 14.0. The van der Waals surface area contributed by atoms with Crippen molar-refractivity contribution in [1.29, 1.82) is 0 Å². The van der Waals surface area contributed by atoms with E-state index in [-0.39, 0.29) is 0 Å². The van der Waals surface area contributed by atoms with Crippen molar-refractivity contribution in [3.05, 3.63) is 128 Å². The molecule has 0 bridgehead atoms. The number of methoxy groups -OCH3 is 2. The second-order valence-electron chi connectivity index (χ2n) is 23.4. The van der Waals surface area contributed by atoms with Gasteiger partial charge < -0.3 is 28.4 Å². The van der Waals surface area contributed by atoms with Crippen LogP contribution in [0.5, 0.6) is 23.0 Å². The van der Waals surface area contributed by atoms with Crippen molar-refractivity contribution in [3.8, 4) is 23.0 Å². The highest BCUT2D eigenvalue weighted by Crippen LogP contribution is 2.50. The molecular formula is C71H116O6. The van der Waals surface area contributed by atoms with E-state index < -0.39 is 12.6 Å². The van der Waals surface area contributed by atoms with Gasteiger partial charge in [-0.15, -0.1) is 0 Å². The summed E-state index contributed by atoms with van der Waals surface area (Å²) in [6.45, 7) is 40.5. The number of benzene rings is 1. The Bertz CT molecular complexity index is 2160. The molecule has 0 aliphatic heterocycles.